The van der Waals surface area contributed by atoms with E-state index in [-0.39, 0.29) is 16.7 Å². The second-order valence-corrected chi connectivity index (χ2v) is 6.56. The molecule has 10 heteroatoms. The molecule has 22 heavy (non-hydrogen) atoms. The van der Waals surface area contributed by atoms with E-state index >= 15 is 0 Å². The minimum atomic E-state index is -3.49. The van der Waals surface area contributed by atoms with Crippen molar-refractivity contribution in [3.63, 3.8) is 0 Å². The summed E-state index contributed by atoms with van der Waals surface area (Å²) in [7, 11) is -3.49. The van der Waals surface area contributed by atoms with E-state index in [9.17, 15) is 17.2 Å². The van der Waals surface area contributed by atoms with Crippen molar-refractivity contribution in [3.05, 3.63) is 35.1 Å². The first-order valence-electron chi connectivity index (χ1n) is 5.95. The fourth-order valence-electron chi connectivity index (χ4n) is 2.11. The Hall–Kier alpha value is -2.00. The molecule has 3 rings (SSSR count). The maximum absolute atomic E-state index is 12.1. The first kappa shape index (κ1) is 14.9. The van der Waals surface area contributed by atoms with Crippen LogP contribution < -0.4 is 9.46 Å². The van der Waals surface area contributed by atoms with Gasteiger partial charge in [-0.25, -0.2) is 18.4 Å². The number of fused-ring (bicyclic) bond motifs is 1. The predicted octanol–water partition coefficient (Wildman–Crippen LogP) is 2.65. The van der Waals surface area contributed by atoms with Crippen molar-refractivity contribution in [1.29, 1.82) is 0 Å². The lowest BCUT2D eigenvalue weighted by Gasteiger charge is -2.08. The fourth-order valence-corrected chi connectivity index (χ4v) is 3.69. The smallest absolute Gasteiger partial charge is 0.388 e. The number of benzene rings is 1. The molecule has 0 bridgehead atoms. The number of nitrogens with one attached hydrogen (secondary N) is 1. The quantitative estimate of drug-likeness (QED) is 0.923. The van der Waals surface area contributed by atoms with E-state index in [2.05, 4.69) is 19.4 Å². The van der Waals surface area contributed by atoms with Crippen LogP contribution in [0.25, 0.3) is 11.3 Å². The van der Waals surface area contributed by atoms with Crippen LogP contribution in [0.1, 0.15) is 5.56 Å². The highest BCUT2D eigenvalue weighted by Gasteiger charge is 2.29. The summed E-state index contributed by atoms with van der Waals surface area (Å²) in [6, 6.07) is 3.12. The lowest BCUT2D eigenvalue weighted by Crippen LogP contribution is -2.05. The Morgan fingerprint density at radius 2 is 2.05 bits per heavy atom. The molecule has 0 spiro atoms. The number of anilines is 1. The molecule has 0 atom stereocenters. The molecule has 0 saturated heterocycles. The summed E-state index contributed by atoms with van der Waals surface area (Å²) in [5.41, 5.74) is 1.59. The average Bonchev–Trinajstić information content (AvgIpc) is 2.76. The van der Waals surface area contributed by atoms with Gasteiger partial charge in [-0.2, -0.15) is 8.78 Å². The molecule has 6 nitrogen and oxygen atoms in total. The summed E-state index contributed by atoms with van der Waals surface area (Å²) < 4.78 is 54.0. The number of hydrogen-bond acceptors (Lipinski definition) is 5. The summed E-state index contributed by atoms with van der Waals surface area (Å²) in [6.07, 6.45) is 2.27. The first-order valence-corrected chi connectivity index (χ1v) is 7.98. The van der Waals surface area contributed by atoms with Gasteiger partial charge in [0.15, 0.2) is 0 Å². The molecule has 1 aromatic carbocycles. The molecule has 0 radical (unpaired) electrons. The van der Waals surface area contributed by atoms with Crippen LogP contribution in [0.2, 0.25) is 5.02 Å². The van der Waals surface area contributed by atoms with Gasteiger partial charge in [-0.15, -0.1) is 0 Å². The molecule has 0 amide bonds. The summed E-state index contributed by atoms with van der Waals surface area (Å²) in [6.45, 7) is -2.99. The van der Waals surface area contributed by atoms with E-state index in [1.165, 1.54) is 12.3 Å². The third-order valence-electron chi connectivity index (χ3n) is 2.97. The standard InChI is InChI=1S/C12H8ClF2N3O3S/c13-8-2-1-6(7-5-22(19,20)18-11(7)8)9-3-17-10(4-16-9)21-12(14)15/h1-4,12,18H,5H2. The molecule has 0 saturated carbocycles. The lowest BCUT2D eigenvalue weighted by molar-refractivity contribution is -0.0530. The van der Waals surface area contributed by atoms with Gasteiger partial charge in [-0.05, 0) is 6.07 Å². The van der Waals surface area contributed by atoms with Crippen molar-refractivity contribution >= 4 is 27.3 Å². The molecule has 2 aromatic rings. The van der Waals surface area contributed by atoms with Gasteiger partial charge in [-0.3, -0.25) is 4.72 Å². The van der Waals surface area contributed by atoms with Crippen LogP contribution >= 0.6 is 11.6 Å². The highest BCUT2D eigenvalue weighted by atomic mass is 35.5. The molecule has 0 aliphatic carbocycles. The Labute approximate surface area is 129 Å². The summed E-state index contributed by atoms with van der Waals surface area (Å²) >= 11 is 5.97. The summed E-state index contributed by atoms with van der Waals surface area (Å²) in [4.78, 5) is 7.68. The van der Waals surface area contributed by atoms with Crippen molar-refractivity contribution < 1.29 is 21.9 Å². The van der Waals surface area contributed by atoms with Gasteiger partial charge in [0.05, 0.1) is 34.6 Å². The number of hydrogen-bond donors (Lipinski definition) is 1. The van der Waals surface area contributed by atoms with Gasteiger partial charge in [0, 0.05) is 11.1 Å². The SMILES string of the molecule is O=S1(=O)Cc2c(-c3cnc(OC(F)F)cn3)ccc(Cl)c2N1. The fraction of sp³-hybridized carbons (Fsp3) is 0.167. The normalized spacial score (nSPS) is 15.5. The van der Waals surface area contributed by atoms with Crippen molar-refractivity contribution in [2.24, 2.45) is 0 Å². The molecule has 0 fully saturated rings. The highest BCUT2D eigenvalue weighted by Crippen LogP contribution is 2.39. The number of halogens is 3. The average molecular weight is 348 g/mol. The molecular weight excluding hydrogens is 340 g/mol. The first-order chi connectivity index (χ1) is 10.4. The number of rotatable bonds is 3. The van der Waals surface area contributed by atoms with Gasteiger partial charge in [0.1, 0.15) is 0 Å². The van der Waals surface area contributed by atoms with Gasteiger partial charge in [0.2, 0.25) is 15.9 Å². The molecule has 2 heterocycles. The molecule has 1 aliphatic rings. The largest absolute Gasteiger partial charge is 0.415 e. The second-order valence-electron chi connectivity index (χ2n) is 4.43. The minimum absolute atomic E-state index is 0.241. The van der Waals surface area contributed by atoms with Crippen LogP contribution in [0, 0.1) is 0 Å². The second kappa shape index (κ2) is 5.33. The van der Waals surface area contributed by atoms with Crippen LogP contribution in [0.3, 0.4) is 0 Å². The van der Waals surface area contributed by atoms with Crippen LogP contribution in [0.15, 0.2) is 24.5 Å². The Morgan fingerprint density at radius 3 is 2.68 bits per heavy atom. The number of aromatic nitrogens is 2. The number of nitrogens with zero attached hydrogens (tertiary/aromatic N) is 2. The van der Waals surface area contributed by atoms with Crippen LogP contribution in [-0.4, -0.2) is 25.0 Å². The topological polar surface area (TPSA) is 81.2 Å². The van der Waals surface area contributed by atoms with E-state index in [1.807, 2.05) is 0 Å². The molecule has 116 valence electrons. The maximum Gasteiger partial charge on any atom is 0.388 e. The number of alkyl halides is 2. The number of ether oxygens (including phenoxy) is 1. The van der Waals surface area contributed by atoms with E-state index in [4.69, 9.17) is 11.6 Å². The Morgan fingerprint density at radius 1 is 1.27 bits per heavy atom. The van der Waals surface area contributed by atoms with Crippen LogP contribution in [-0.2, 0) is 15.8 Å². The lowest BCUT2D eigenvalue weighted by atomic mass is 10.0. The van der Waals surface area contributed by atoms with Gasteiger partial charge in [-0.1, -0.05) is 17.7 Å². The van der Waals surface area contributed by atoms with Crippen molar-refractivity contribution in [2.75, 3.05) is 4.72 Å². The summed E-state index contributed by atoms with van der Waals surface area (Å²) in [5, 5.41) is 0.269. The van der Waals surface area contributed by atoms with E-state index in [0.717, 1.165) is 6.20 Å². The van der Waals surface area contributed by atoms with Crippen molar-refractivity contribution in [3.8, 4) is 17.1 Å². The maximum atomic E-state index is 12.1. The molecule has 1 N–H and O–H groups in total. The minimum Gasteiger partial charge on any atom is -0.415 e. The zero-order valence-electron chi connectivity index (χ0n) is 10.8. The molecular formula is C12H8ClF2N3O3S. The van der Waals surface area contributed by atoms with Crippen molar-refractivity contribution in [1.82, 2.24) is 9.97 Å². The third-order valence-corrected chi connectivity index (χ3v) is 4.47. The number of sulfonamides is 1. The zero-order valence-corrected chi connectivity index (χ0v) is 12.3. The zero-order chi connectivity index (χ0) is 15.9. The van der Waals surface area contributed by atoms with Crippen LogP contribution in [0.4, 0.5) is 14.5 Å². The van der Waals surface area contributed by atoms with E-state index < -0.39 is 16.6 Å². The molecule has 1 aliphatic heterocycles. The Balaban J connectivity index is 2.02. The Kier molecular flexibility index (Phi) is 3.61. The van der Waals surface area contributed by atoms with Crippen molar-refractivity contribution in [2.45, 2.75) is 12.4 Å². The molecule has 1 aromatic heterocycles. The monoisotopic (exact) mass is 347 g/mol. The van der Waals surface area contributed by atoms with Gasteiger partial charge < -0.3 is 4.74 Å². The van der Waals surface area contributed by atoms with Gasteiger partial charge in [0.25, 0.3) is 0 Å². The summed E-state index contributed by atoms with van der Waals surface area (Å²) in [5.74, 6) is -0.565. The Bertz CT molecular complexity index is 828. The molecule has 0 unspecified atom stereocenters. The van der Waals surface area contributed by atoms with Crippen LogP contribution in [0.5, 0.6) is 5.88 Å². The van der Waals surface area contributed by atoms with E-state index in [1.54, 1.807) is 6.07 Å². The predicted molar refractivity (Wildman–Crippen MR) is 75.4 cm³/mol. The van der Waals surface area contributed by atoms with Gasteiger partial charge >= 0.3 is 6.61 Å². The highest BCUT2D eigenvalue weighted by molar-refractivity contribution is 7.92. The van der Waals surface area contributed by atoms with E-state index in [0.29, 0.717) is 22.5 Å². The third kappa shape index (κ3) is 2.81.